The van der Waals surface area contributed by atoms with Crippen LogP contribution in [0.15, 0.2) is 54.1 Å². The van der Waals surface area contributed by atoms with E-state index in [-0.39, 0.29) is 5.57 Å². The van der Waals surface area contributed by atoms with E-state index in [1.54, 1.807) is 12.1 Å². The Morgan fingerprint density at radius 3 is 2.39 bits per heavy atom. The second kappa shape index (κ2) is 9.42. The molecule has 4 amide bonds. The quantitative estimate of drug-likeness (QED) is 0.218. The predicted molar refractivity (Wildman–Crippen MR) is 147 cm³/mol. The molecule has 0 aliphatic carbocycles. The Balaban J connectivity index is 1.58. The van der Waals surface area contributed by atoms with Crippen LogP contribution in [0.4, 0.5) is 10.5 Å². The van der Waals surface area contributed by atoms with Crippen LogP contribution in [0.5, 0.6) is 0 Å². The van der Waals surface area contributed by atoms with Gasteiger partial charge in [0.15, 0.2) is 0 Å². The molecule has 1 aliphatic rings. The zero-order chi connectivity index (χ0) is 27.3. The van der Waals surface area contributed by atoms with E-state index in [2.05, 4.69) is 5.32 Å². The van der Waals surface area contributed by atoms with Crippen molar-refractivity contribution >= 4 is 57.7 Å². The minimum absolute atomic E-state index is 0.162. The Kier molecular flexibility index (Phi) is 6.24. The average Bonchev–Trinajstić information content (AvgIpc) is 3.33. The van der Waals surface area contributed by atoms with Gasteiger partial charge in [0.05, 0.1) is 18.4 Å². The third kappa shape index (κ3) is 4.01. The molecule has 192 valence electrons. The molecule has 0 spiro atoms. The van der Waals surface area contributed by atoms with Gasteiger partial charge in [-0.25, -0.2) is 14.5 Å². The maximum atomic E-state index is 13.5. The van der Waals surface area contributed by atoms with Gasteiger partial charge in [0, 0.05) is 16.3 Å². The maximum absolute atomic E-state index is 13.5. The number of fused-ring (bicyclic) bond motifs is 1. The van der Waals surface area contributed by atoms with Crippen LogP contribution in [0.2, 0.25) is 0 Å². The third-order valence-corrected chi connectivity index (χ3v) is 8.01. The van der Waals surface area contributed by atoms with Gasteiger partial charge in [-0.1, -0.05) is 30.3 Å². The standard InChI is InChI=1S/C29H25N3O5S/c1-15-12-21(17(3)31(15)27-24(28(35)37-5)16(2)18(4)38-27)14-23-25(33)30-29(36)32(26(23)34)22-11-10-19-8-6-7-9-20(19)13-22/h6-14H,1-5H3,(H,30,33,36)/b23-14-. The highest BCUT2D eigenvalue weighted by Crippen LogP contribution is 2.35. The van der Waals surface area contributed by atoms with Gasteiger partial charge in [0.2, 0.25) is 0 Å². The lowest BCUT2D eigenvalue weighted by molar-refractivity contribution is -0.122. The summed E-state index contributed by atoms with van der Waals surface area (Å²) in [5, 5.41) is 4.82. The van der Waals surface area contributed by atoms with Gasteiger partial charge in [-0.2, -0.15) is 0 Å². The number of anilines is 1. The van der Waals surface area contributed by atoms with Crippen LogP contribution >= 0.6 is 11.3 Å². The first-order valence-electron chi connectivity index (χ1n) is 11.9. The molecule has 1 aliphatic heterocycles. The third-order valence-electron chi connectivity index (χ3n) is 6.82. The number of aryl methyl sites for hydroxylation is 2. The van der Waals surface area contributed by atoms with Crippen LogP contribution in [0, 0.1) is 27.7 Å². The lowest BCUT2D eigenvalue weighted by Crippen LogP contribution is -2.54. The number of carbonyl (C=O) groups is 4. The number of hydrogen-bond donors (Lipinski definition) is 1. The van der Waals surface area contributed by atoms with E-state index in [1.165, 1.54) is 24.5 Å². The first-order valence-corrected chi connectivity index (χ1v) is 12.7. The highest BCUT2D eigenvalue weighted by atomic mass is 32.1. The summed E-state index contributed by atoms with van der Waals surface area (Å²) in [6.07, 6.45) is 1.49. The summed E-state index contributed by atoms with van der Waals surface area (Å²) in [7, 11) is 1.35. The molecule has 1 fully saturated rings. The zero-order valence-electron chi connectivity index (χ0n) is 21.5. The molecule has 9 heteroatoms. The number of methoxy groups -OCH3 is 1. The van der Waals surface area contributed by atoms with Gasteiger partial charge in [0.25, 0.3) is 11.8 Å². The van der Waals surface area contributed by atoms with Crippen LogP contribution in [0.1, 0.15) is 37.7 Å². The van der Waals surface area contributed by atoms with Gasteiger partial charge in [-0.3, -0.25) is 14.9 Å². The number of aromatic nitrogens is 1. The number of thiophene rings is 1. The highest BCUT2D eigenvalue weighted by molar-refractivity contribution is 7.15. The van der Waals surface area contributed by atoms with Crippen molar-refractivity contribution in [3.8, 4) is 5.00 Å². The van der Waals surface area contributed by atoms with Crippen LogP contribution in [0.25, 0.3) is 21.8 Å². The molecule has 0 saturated carbocycles. The fourth-order valence-corrected chi connectivity index (χ4v) is 5.97. The normalized spacial score (nSPS) is 14.9. The van der Waals surface area contributed by atoms with Gasteiger partial charge in [0.1, 0.15) is 10.6 Å². The van der Waals surface area contributed by atoms with Crippen molar-refractivity contribution in [3.63, 3.8) is 0 Å². The Hall–Kier alpha value is -4.50. The highest BCUT2D eigenvalue weighted by Gasteiger charge is 2.37. The van der Waals surface area contributed by atoms with E-state index in [4.69, 9.17) is 4.74 Å². The molecule has 3 heterocycles. The topological polar surface area (TPSA) is 97.7 Å². The first-order chi connectivity index (χ1) is 18.1. The lowest BCUT2D eigenvalue weighted by atomic mass is 10.1. The minimum Gasteiger partial charge on any atom is -0.465 e. The zero-order valence-corrected chi connectivity index (χ0v) is 22.4. The summed E-state index contributed by atoms with van der Waals surface area (Å²) in [4.78, 5) is 53.6. The summed E-state index contributed by atoms with van der Waals surface area (Å²) < 4.78 is 6.94. The minimum atomic E-state index is -0.801. The average molecular weight is 528 g/mol. The van der Waals surface area contributed by atoms with E-state index in [0.29, 0.717) is 21.8 Å². The molecule has 1 saturated heterocycles. The van der Waals surface area contributed by atoms with Crippen LogP contribution in [-0.2, 0) is 14.3 Å². The van der Waals surface area contributed by atoms with Crippen molar-refractivity contribution in [2.24, 2.45) is 0 Å². The second-order valence-corrected chi connectivity index (χ2v) is 10.3. The van der Waals surface area contributed by atoms with Gasteiger partial charge >= 0.3 is 12.0 Å². The van der Waals surface area contributed by atoms with Crippen molar-refractivity contribution in [3.05, 3.63) is 87.1 Å². The number of carbonyl (C=O) groups excluding carboxylic acids is 4. The van der Waals surface area contributed by atoms with Crippen LogP contribution in [-0.4, -0.2) is 35.5 Å². The number of ether oxygens (including phenoxy) is 1. The number of esters is 1. The monoisotopic (exact) mass is 527 g/mol. The molecule has 0 unspecified atom stereocenters. The Bertz CT molecular complexity index is 1710. The number of urea groups is 1. The van der Waals surface area contributed by atoms with Crippen molar-refractivity contribution in [1.82, 2.24) is 9.88 Å². The summed E-state index contributed by atoms with van der Waals surface area (Å²) in [6, 6.07) is 13.9. The van der Waals surface area contributed by atoms with Crippen LogP contribution < -0.4 is 10.2 Å². The number of barbiturate groups is 1. The largest absolute Gasteiger partial charge is 0.465 e. The number of hydrogen-bond acceptors (Lipinski definition) is 6. The number of nitrogens with zero attached hydrogens (tertiary/aromatic N) is 2. The summed E-state index contributed by atoms with van der Waals surface area (Å²) >= 11 is 1.47. The molecular formula is C29H25N3O5S. The molecular weight excluding hydrogens is 502 g/mol. The Morgan fingerprint density at radius 1 is 0.974 bits per heavy atom. The summed E-state index contributed by atoms with van der Waals surface area (Å²) in [5.41, 5.74) is 3.69. The molecule has 5 rings (SSSR count). The molecule has 0 atom stereocenters. The molecule has 38 heavy (non-hydrogen) atoms. The van der Waals surface area contributed by atoms with E-state index in [1.807, 2.05) is 68.7 Å². The predicted octanol–water partition coefficient (Wildman–Crippen LogP) is 5.38. The number of rotatable bonds is 4. The fourth-order valence-electron chi connectivity index (χ4n) is 4.72. The maximum Gasteiger partial charge on any atom is 0.341 e. The molecule has 4 aromatic rings. The van der Waals surface area contributed by atoms with Gasteiger partial charge < -0.3 is 9.30 Å². The van der Waals surface area contributed by atoms with E-state index in [0.717, 1.165) is 37.5 Å². The van der Waals surface area contributed by atoms with Gasteiger partial charge in [-0.15, -0.1) is 11.3 Å². The number of nitrogens with one attached hydrogen (secondary N) is 1. The first kappa shape index (κ1) is 25.2. The summed E-state index contributed by atoms with van der Waals surface area (Å²) in [6.45, 7) is 7.55. The van der Waals surface area contributed by atoms with Gasteiger partial charge in [-0.05, 0) is 73.9 Å². The SMILES string of the molecule is COC(=O)c1c(-n2c(C)cc(/C=C3/C(=O)NC(=O)N(c4ccc5ccccc5c4)C3=O)c2C)sc(C)c1C. The lowest BCUT2D eigenvalue weighted by Gasteiger charge is -2.26. The van der Waals surface area contributed by atoms with E-state index in [9.17, 15) is 19.2 Å². The molecule has 2 aromatic carbocycles. The van der Waals surface area contributed by atoms with Crippen molar-refractivity contribution in [2.75, 3.05) is 12.0 Å². The number of benzene rings is 2. The molecule has 1 N–H and O–H groups in total. The molecule has 0 bridgehead atoms. The fraction of sp³-hybridized carbons (Fsp3) is 0.172. The molecule has 0 radical (unpaired) electrons. The van der Waals surface area contributed by atoms with E-state index >= 15 is 0 Å². The van der Waals surface area contributed by atoms with Crippen LogP contribution in [0.3, 0.4) is 0 Å². The smallest absolute Gasteiger partial charge is 0.341 e. The molecule has 8 nitrogen and oxygen atoms in total. The number of imide groups is 2. The second-order valence-electron chi connectivity index (χ2n) is 9.11. The Morgan fingerprint density at radius 2 is 1.68 bits per heavy atom. The molecule has 2 aromatic heterocycles. The van der Waals surface area contributed by atoms with E-state index < -0.39 is 23.8 Å². The summed E-state index contributed by atoms with van der Waals surface area (Å²) in [5.74, 6) is -1.91. The van der Waals surface area contributed by atoms with Crippen molar-refractivity contribution in [1.29, 1.82) is 0 Å². The number of amides is 4. The van der Waals surface area contributed by atoms with Crippen molar-refractivity contribution in [2.45, 2.75) is 27.7 Å². The van der Waals surface area contributed by atoms with Crippen molar-refractivity contribution < 1.29 is 23.9 Å². The Labute approximate surface area is 223 Å².